The van der Waals surface area contributed by atoms with Crippen molar-refractivity contribution < 1.29 is 4.79 Å². The van der Waals surface area contributed by atoms with E-state index in [9.17, 15) is 10.1 Å². The fourth-order valence-electron chi connectivity index (χ4n) is 2.41. The topological polar surface area (TPSA) is 52.9 Å². The number of hydrogen-bond acceptors (Lipinski definition) is 2. The number of nitrogens with zero attached hydrogens (tertiary/aromatic N) is 1. The molecule has 0 aromatic heterocycles. The third-order valence-electron chi connectivity index (χ3n) is 3.59. The van der Waals surface area contributed by atoms with Crippen LogP contribution in [0.3, 0.4) is 0 Å². The first-order valence-electron chi connectivity index (χ1n) is 7.34. The highest BCUT2D eigenvalue weighted by atomic mass is 35.5. The first kappa shape index (κ1) is 15.8. The molecule has 3 aromatic rings. The zero-order chi connectivity index (χ0) is 16.9. The molecule has 0 radical (unpaired) electrons. The monoisotopic (exact) mass is 332 g/mol. The maximum absolute atomic E-state index is 12.3. The first-order valence-corrected chi connectivity index (χ1v) is 7.71. The molecule has 3 aromatic carbocycles. The van der Waals surface area contributed by atoms with Crippen molar-refractivity contribution in [1.29, 1.82) is 5.26 Å². The maximum Gasteiger partial charge on any atom is 0.266 e. The van der Waals surface area contributed by atoms with Crippen molar-refractivity contribution in [3.05, 3.63) is 82.9 Å². The summed E-state index contributed by atoms with van der Waals surface area (Å²) in [6.07, 6.45) is 1.60. The van der Waals surface area contributed by atoms with E-state index in [2.05, 4.69) is 5.32 Å². The lowest BCUT2D eigenvalue weighted by molar-refractivity contribution is -0.112. The molecule has 0 fully saturated rings. The second kappa shape index (κ2) is 6.99. The van der Waals surface area contributed by atoms with Crippen LogP contribution in [0.1, 0.15) is 5.56 Å². The van der Waals surface area contributed by atoms with Crippen molar-refractivity contribution >= 4 is 40.0 Å². The standard InChI is InChI=1S/C20H13ClN2O/c21-17-8-10-18(11-9-17)23-20(24)16(13-22)12-15-6-3-5-14-4-1-2-7-19(14)15/h1-12H,(H,23,24)/b16-12-. The number of carbonyl (C=O) groups excluding carboxylic acids is 1. The van der Waals surface area contributed by atoms with E-state index >= 15 is 0 Å². The fourth-order valence-corrected chi connectivity index (χ4v) is 2.54. The molecule has 0 atom stereocenters. The number of anilines is 1. The van der Waals surface area contributed by atoms with E-state index in [1.807, 2.05) is 48.5 Å². The van der Waals surface area contributed by atoms with Gasteiger partial charge in [-0.25, -0.2) is 0 Å². The molecule has 0 heterocycles. The highest BCUT2D eigenvalue weighted by Crippen LogP contribution is 2.21. The highest BCUT2D eigenvalue weighted by molar-refractivity contribution is 6.30. The lowest BCUT2D eigenvalue weighted by atomic mass is 10.0. The molecule has 1 N–H and O–H groups in total. The summed E-state index contributed by atoms with van der Waals surface area (Å²) in [6.45, 7) is 0. The van der Waals surface area contributed by atoms with Crippen molar-refractivity contribution in [2.75, 3.05) is 5.32 Å². The molecule has 0 unspecified atom stereocenters. The average Bonchev–Trinajstić information content (AvgIpc) is 2.61. The largest absolute Gasteiger partial charge is 0.321 e. The molecule has 4 heteroatoms. The minimum absolute atomic E-state index is 0.0429. The van der Waals surface area contributed by atoms with Gasteiger partial charge in [0.15, 0.2) is 0 Å². The number of amides is 1. The van der Waals surface area contributed by atoms with Gasteiger partial charge in [-0.2, -0.15) is 5.26 Å². The smallest absolute Gasteiger partial charge is 0.266 e. The Morgan fingerprint density at radius 1 is 1.00 bits per heavy atom. The zero-order valence-corrected chi connectivity index (χ0v) is 13.4. The summed E-state index contributed by atoms with van der Waals surface area (Å²) < 4.78 is 0. The Morgan fingerprint density at radius 2 is 1.71 bits per heavy atom. The SMILES string of the molecule is N#C/C(=C/c1cccc2ccccc12)C(=O)Nc1ccc(Cl)cc1. The molecule has 116 valence electrons. The van der Waals surface area contributed by atoms with Crippen LogP contribution in [-0.4, -0.2) is 5.91 Å². The van der Waals surface area contributed by atoms with Crippen LogP contribution in [0.15, 0.2) is 72.3 Å². The summed E-state index contributed by atoms with van der Waals surface area (Å²) in [7, 11) is 0. The number of fused-ring (bicyclic) bond motifs is 1. The van der Waals surface area contributed by atoms with Crippen LogP contribution >= 0.6 is 11.6 Å². The number of nitriles is 1. The van der Waals surface area contributed by atoms with Crippen LogP contribution in [0.5, 0.6) is 0 Å². The zero-order valence-electron chi connectivity index (χ0n) is 12.7. The van der Waals surface area contributed by atoms with E-state index in [0.29, 0.717) is 10.7 Å². The molecule has 0 saturated heterocycles. The molecule has 1 amide bonds. The summed E-state index contributed by atoms with van der Waals surface area (Å²) >= 11 is 5.82. The fraction of sp³-hybridized carbons (Fsp3) is 0. The summed E-state index contributed by atoms with van der Waals surface area (Å²) in [5.41, 5.74) is 1.46. The third kappa shape index (κ3) is 3.45. The van der Waals surface area contributed by atoms with Gasteiger partial charge in [-0.15, -0.1) is 0 Å². The summed E-state index contributed by atoms with van der Waals surface area (Å²) in [5, 5.41) is 14.7. The minimum Gasteiger partial charge on any atom is -0.321 e. The second-order valence-electron chi connectivity index (χ2n) is 5.20. The van der Waals surface area contributed by atoms with Gasteiger partial charge in [0, 0.05) is 10.7 Å². The summed E-state index contributed by atoms with van der Waals surface area (Å²) in [6, 6.07) is 22.3. The maximum atomic E-state index is 12.3. The average molecular weight is 333 g/mol. The predicted octanol–water partition coefficient (Wildman–Crippen LogP) is 5.04. The number of carbonyl (C=O) groups is 1. The van der Waals surface area contributed by atoms with Crippen LogP contribution in [0.2, 0.25) is 5.02 Å². The molecule has 0 aliphatic rings. The van der Waals surface area contributed by atoms with Gasteiger partial charge in [-0.3, -0.25) is 4.79 Å². The Hall–Kier alpha value is -3.09. The number of hydrogen-bond donors (Lipinski definition) is 1. The van der Waals surface area contributed by atoms with Gasteiger partial charge in [0.05, 0.1) is 0 Å². The van der Waals surface area contributed by atoms with Crippen LogP contribution in [0.25, 0.3) is 16.8 Å². The van der Waals surface area contributed by atoms with Gasteiger partial charge >= 0.3 is 0 Å². The van der Waals surface area contributed by atoms with Gasteiger partial charge in [-0.1, -0.05) is 54.1 Å². The molecule has 24 heavy (non-hydrogen) atoms. The molecule has 0 saturated carbocycles. The molecule has 3 nitrogen and oxygen atoms in total. The van der Waals surface area contributed by atoms with Gasteiger partial charge in [0.1, 0.15) is 11.6 Å². The molecule has 0 bridgehead atoms. The Kier molecular flexibility index (Phi) is 4.60. The molecular formula is C20H13ClN2O. The van der Waals surface area contributed by atoms with Crippen molar-refractivity contribution in [2.24, 2.45) is 0 Å². The van der Waals surface area contributed by atoms with E-state index in [1.165, 1.54) is 0 Å². The Balaban J connectivity index is 1.92. The second-order valence-corrected chi connectivity index (χ2v) is 5.64. The number of rotatable bonds is 3. The van der Waals surface area contributed by atoms with Crippen molar-refractivity contribution in [3.8, 4) is 6.07 Å². The van der Waals surface area contributed by atoms with Crippen LogP contribution < -0.4 is 5.32 Å². The van der Waals surface area contributed by atoms with Crippen molar-refractivity contribution in [1.82, 2.24) is 0 Å². The van der Waals surface area contributed by atoms with E-state index in [-0.39, 0.29) is 5.57 Å². The van der Waals surface area contributed by atoms with E-state index in [1.54, 1.807) is 30.3 Å². The first-order chi connectivity index (χ1) is 11.7. The lowest BCUT2D eigenvalue weighted by Crippen LogP contribution is -2.13. The van der Waals surface area contributed by atoms with Gasteiger partial charge in [0.25, 0.3) is 5.91 Å². The van der Waals surface area contributed by atoms with Gasteiger partial charge in [-0.05, 0) is 46.7 Å². The molecule has 3 rings (SSSR count). The number of benzene rings is 3. The van der Waals surface area contributed by atoms with Gasteiger partial charge < -0.3 is 5.32 Å². The van der Waals surface area contributed by atoms with E-state index < -0.39 is 5.91 Å². The highest BCUT2D eigenvalue weighted by Gasteiger charge is 2.10. The van der Waals surface area contributed by atoms with Crippen LogP contribution in [0, 0.1) is 11.3 Å². The van der Waals surface area contributed by atoms with Crippen LogP contribution in [-0.2, 0) is 4.79 Å². The number of halogens is 1. The minimum atomic E-state index is -0.451. The quantitative estimate of drug-likeness (QED) is 0.539. The normalized spacial score (nSPS) is 11.1. The Labute approximate surface area is 144 Å². The lowest BCUT2D eigenvalue weighted by Gasteiger charge is -2.06. The van der Waals surface area contributed by atoms with Crippen molar-refractivity contribution in [2.45, 2.75) is 0 Å². The summed E-state index contributed by atoms with van der Waals surface area (Å²) in [4.78, 5) is 12.3. The van der Waals surface area contributed by atoms with E-state index in [0.717, 1.165) is 16.3 Å². The molecular weight excluding hydrogens is 320 g/mol. The molecule has 0 aliphatic heterocycles. The third-order valence-corrected chi connectivity index (χ3v) is 3.84. The predicted molar refractivity (Wildman–Crippen MR) is 97.6 cm³/mol. The van der Waals surface area contributed by atoms with E-state index in [4.69, 9.17) is 11.6 Å². The molecule has 0 aliphatic carbocycles. The Bertz CT molecular complexity index is 964. The molecule has 0 spiro atoms. The van der Waals surface area contributed by atoms with Gasteiger partial charge in [0.2, 0.25) is 0 Å². The van der Waals surface area contributed by atoms with Crippen LogP contribution in [0.4, 0.5) is 5.69 Å². The Morgan fingerprint density at radius 3 is 2.46 bits per heavy atom. The van der Waals surface area contributed by atoms with Crippen molar-refractivity contribution in [3.63, 3.8) is 0 Å². The summed E-state index contributed by atoms with van der Waals surface area (Å²) in [5.74, 6) is -0.451. The number of nitrogens with one attached hydrogen (secondary N) is 1.